The monoisotopic (exact) mass is 595 g/mol. The Morgan fingerprint density at radius 1 is 0.744 bits per heavy atom. The number of benzene rings is 3. The highest BCUT2D eigenvalue weighted by atomic mass is 35.6. The Balaban J connectivity index is 1.56. The highest BCUT2D eigenvalue weighted by Crippen LogP contribution is 2.34. The van der Waals surface area contributed by atoms with Gasteiger partial charge in [0, 0.05) is 0 Å². The minimum absolute atomic E-state index is 0.0349. The highest BCUT2D eigenvalue weighted by molar-refractivity contribution is 6.76. The van der Waals surface area contributed by atoms with Gasteiger partial charge in [-0.2, -0.15) is 0 Å². The molecule has 0 saturated carbocycles. The molecule has 1 saturated heterocycles. The van der Waals surface area contributed by atoms with E-state index in [4.69, 9.17) is 63.9 Å². The molecule has 0 radical (unpaired) electrons. The Labute approximate surface area is 242 Å². The molecule has 10 heteroatoms. The van der Waals surface area contributed by atoms with Crippen molar-refractivity contribution in [3.05, 3.63) is 108 Å². The normalized spacial score (nSPS) is 23.3. The summed E-state index contributed by atoms with van der Waals surface area (Å²) in [4.78, 5) is 0. The third-order valence-electron chi connectivity index (χ3n) is 6.03. The maximum absolute atomic E-state index is 16.0. The zero-order chi connectivity index (χ0) is 27.7. The van der Waals surface area contributed by atoms with Gasteiger partial charge in [0.05, 0.1) is 26.4 Å². The first-order chi connectivity index (χ1) is 18.8. The van der Waals surface area contributed by atoms with Gasteiger partial charge in [-0.15, -0.1) is 0 Å². The molecule has 3 aromatic carbocycles. The summed E-state index contributed by atoms with van der Waals surface area (Å²) >= 11 is 17.4. The van der Waals surface area contributed by atoms with E-state index in [-0.39, 0.29) is 19.8 Å². The van der Waals surface area contributed by atoms with Crippen molar-refractivity contribution in [3.63, 3.8) is 0 Å². The van der Waals surface area contributed by atoms with E-state index in [9.17, 15) is 0 Å². The molecule has 1 fully saturated rings. The van der Waals surface area contributed by atoms with Crippen LogP contribution in [-0.4, -0.2) is 47.1 Å². The van der Waals surface area contributed by atoms with Gasteiger partial charge in [0.2, 0.25) is 12.2 Å². The van der Waals surface area contributed by atoms with Gasteiger partial charge in [0.25, 0.3) is 3.79 Å². The van der Waals surface area contributed by atoms with Crippen LogP contribution in [0, 0.1) is 5.41 Å². The SMILES string of the molecule is N=C(OC1O[C@H](COCc2ccccc2)[C@H](OCc2ccccc2)[C@H](OCc2ccccc2)[C@H]1F)C(Cl)(Cl)Cl. The second-order valence-corrected chi connectivity index (χ2v) is 11.2. The topological polar surface area (TPSA) is 70.0 Å². The lowest BCUT2D eigenvalue weighted by Gasteiger charge is -2.43. The van der Waals surface area contributed by atoms with Gasteiger partial charge in [-0.05, 0) is 16.7 Å². The van der Waals surface area contributed by atoms with Crippen LogP contribution in [0.2, 0.25) is 0 Å². The van der Waals surface area contributed by atoms with Gasteiger partial charge in [0.1, 0.15) is 18.3 Å². The van der Waals surface area contributed by atoms with E-state index in [1.807, 2.05) is 91.0 Å². The maximum atomic E-state index is 16.0. The van der Waals surface area contributed by atoms with E-state index in [2.05, 4.69) is 0 Å². The number of hydrogen-bond acceptors (Lipinski definition) is 6. The van der Waals surface area contributed by atoms with E-state index >= 15 is 4.39 Å². The lowest BCUT2D eigenvalue weighted by molar-refractivity contribution is -0.289. The summed E-state index contributed by atoms with van der Waals surface area (Å²) in [5.41, 5.74) is 2.71. The third-order valence-corrected chi connectivity index (χ3v) is 6.54. The van der Waals surface area contributed by atoms with Crippen molar-refractivity contribution in [1.82, 2.24) is 0 Å². The molecule has 4 rings (SSSR count). The second kappa shape index (κ2) is 14.4. The molecule has 0 bridgehead atoms. The minimum Gasteiger partial charge on any atom is -0.445 e. The van der Waals surface area contributed by atoms with Crippen molar-refractivity contribution in [2.75, 3.05) is 6.61 Å². The molecule has 3 aromatic rings. The van der Waals surface area contributed by atoms with E-state index in [0.717, 1.165) is 16.7 Å². The number of alkyl halides is 4. The standard InChI is InChI=1S/C29H29Cl3FNO5/c30-29(31,32)28(34)39-27-24(33)26(37-18-22-14-8-3-9-15-22)25(36-17-21-12-6-2-7-13-21)23(38-27)19-35-16-20-10-4-1-5-11-20/h1-15,23-27,34H,16-19H2/t23-,24-,25+,26-,27?/m1/s1. The Kier molecular flexibility index (Phi) is 11.0. The molecule has 0 aromatic heterocycles. The van der Waals surface area contributed by atoms with Crippen molar-refractivity contribution in [1.29, 1.82) is 5.41 Å². The molecule has 6 nitrogen and oxygen atoms in total. The third kappa shape index (κ3) is 8.88. The molecule has 208 valence electrons. The van der Waals surface area contributed by atoms with Crippen LogP contribution in [0.3, 0.4) is 0 Å². The van der Waals surface area contributed by atoms with Crippen LogP contribution < -0.4 is 0 Å². The zero-order valence-electron chi connectivity index (χ0n) is 20.9. The molecule has 5 atom stereocenters. The fourth-order valence-electron chi connectivity index (χ4n) is 4.07. The highest BCUT2D eigenvalue weighted by Gasteiger charge is 2.50. The van der Waals surface area contributed by atoms with Crippen molar-refractivity contribution < 1.29 is 28.1 Å². The van der Waals surface area contributed by atoms with Gasteiger partial charge in [0.15, 0.2) is 6.17 Å². The number of rotatable bonds is 11. The van der Waals surface area contributed by atoms with Crippen LogP contribution in [-0.2, 0) is 43.5 Å². The smallest absolute Gasteiger partial charge is 0.265 e. The average Bonchev–Trinajstić information content (AvgIpc) is 2.94. The molecular weight excluding hydrogens is 568 g/mol. The lowest BCUT2D eigenvalue weighted by atomic mass is 9.99. The van der Waals surface area contributed by atoms with Gasteiger partial charge in [-0.1, -0.05) is 126 Å². The first-order valence-electron chi connectivity index (χ1n) is 12.4. The molecule has 0 aliphatic carbocycles. The summed E-state index contributed by atoms with van der Waals surface area (Å²) in [6.07, 6.45) is -6.29. The maximum Gasteiger partial charge on any atom is 0.265 e. The van der Waals surface area contributed by atoms with Crippen molar-refractivity contribution in [3.8, 4) is 0 Å². The average molecular weight is 597 g/mol. The molecule has 0 spiro atoms. The van der Waals surface area contributed by atoms with Crippen LogP contribution in [0.15, 0.2) is 91.0 Å². The summed E-state index contributed by atoms with van der Waals surface area (Å²) in [6.45, 7) is 0.643. The van der Waals surface area contributed by atoms with E-state index < -0.39 is 40.5 Å². The molecule has 0 amide bonds. The quantitative estimate of drug-likeness (QED) is 0.150. The lowest BCUT2D eigenvalue weighted by Crippen LogP contribution is -2.60. The van der Waals surface area contributed by atoms with Gasteiger partial charge < -0.3 is 23.7 Å². The summed E-state index contributed by atoms with van der Waals surface area (Å²) in [5, 5.41) is 7.96. The molecule has 1 heterocycles. The summed E-state index contributed by atoms with van der Waals surface area (Å²) in [5.74, 6) is -0.769. The molecule has 39 heavy (non-hydrogen) atoms. The first-order valence-corrected chi connectivity index (χ1v) is 13.5. The van der Waals surface area contributed by atoms with Gasteiger partial charge >= 0.3 is 0 Å². The number of nitrogens with one attached hydrogen (secondary N) is 1. The fraction of sp³-hybridized carbons (Fsp3) is 0.345. The van der Waals surface area contributed by atoms with Gasteiger partial charge in [-0.25, -0.2) is 4.39 Å². The van der Waals surface area contributed by atoms with Crippen molar-refractivity contribution >= 4 is 40.7 Å². The van der Waals surface area contributed by atoms with Crippen LogP contribution in [0.25, 0.3) is 0 Å². The van der Waals surface area contributed by atoms with E-state index in [1.54, 1.807) is 0 Å². The molecule has 1 N–H and O–H groups in total. The van der Waals surface area contributed by atoms with Crippen molar-refractivity contribution in [2.24, 2.45) is 0 Å². The Bertz CT molecular complexity index is 1150. The largest absolute Gasteiger partial charge is 0.445 e. The van der Waals surface area contributed by atoms with Crippen molar-refractivity contribution in [2.45, 2.75) is 54.4 Å². The van der Waals surface area contributed by atoms with Gasteiger partial charge in [-0.3, -0.25) is 5.41 Å². The minimum atomic E-state index is -2.19. The zero-order valence-corrected chi connectivity index (χ0v) is 23.2. The summed E-state index contributed by atoms with van der Waals surface area (Å²) in [6, 6.07) is 28.5. The molecule has 1 aliphatic rings. The van der Waals surface area contributed by atoms with Crippen LogP contribution >= 0.6 is 34.8 Å². The first kappa shape index (κ1) is 29.7. The molecule has 1 aliphatic heterocycles. The second-order valence-electron chi connectivity index (χ2n) is 8.96. The fourth-order valence-corrected chi connectivity index (χ4v) is 4.21. The number of hydrogen-bond donors (Lipinski definition) is 1. The predicted octanol–water partition coefficient (Wildman–Crippen LogP) is 6.80. The van der Waals surface area contributed by atoms with Crippen LogP contribution in [0.1, 0.15) is 16.7 Å². The summed E-state index contributed by atoms with van der Waals surface area (Å²) < 4.78 is 43.3. The Morgan fingerprint density at radius 3 is 1.69 bits per heavy atom. The number of halogens is 4. The molecule has 1 unspecified atom stereocenters. The van der Waals surface area contributed by atoms with Crippen LogP contribution in [0.5, 0.6) is 0 Å². The van der Waals surface area contributed by atoms with E-state index in [1.165, 1.54) is 0 Å². The van der Waals surface area contributed by atoms with E-state index in [0.29, 0.717) is 6.61 Å². The summed E-state index contributed by atoms with van der Waals surface area (Å²) in [7, 11) is 0. The molecular formula is C29H29Cl3FNO5. The van der Waals surface area contributed by atoms with Crippen LogP contribution in [0.4, 0.5) is 4.39 Å². The predicted molar refractivity (Wildman–Crippen MR) is 149 cm³/mol. The Morgan fingerprint density at radius 2 is 1.21 bits per heavy atom. The number of ether oxygens (including phenoxy) is 5. The Hall–Kier alpha value is -2.23.